The van der Waals surface area contributed by atoms with Crippen molar-refractivity contribution in [1.29, 1.82) is 5.41 Å². The highest BCUT2D eigenvalue weighted by Crippen LogP contribution is 2.18. The Hall–Kier alpha value is -1.36. The highest BCUT2D eigenvalue weighted by molar-refractivity contribution is 5.79. The van der Waals surface area contributed by atoms with Crippen LogP contribution >= 0.6 is 0 Å². The second-order valence-corrected chi connectivity index (χ2v) is 5.41. The Bertz CT molecular complexity index is 409. The van der Waals surface area contributed by atoms with Crippen LogP contribution in [0.4, 0.5) is 0 Å². The molecule has 0 saturated carbocycles. The summed E-state index contributed by atoms with van der Waals surface area (Å²) in [7, 11) is 0. The number of nitrogens with one attached hydrogen (secondary N) is 1. The molecule has 5 nitrogen and oxygen atoms in total. The van der Waals surface area contributed by atoms with Gasteiger partial charge in [0.25, 0.3) is 0 Å². The second-order valence-electron chi connectivity index (χ2n) is 5.41. The van der Waals surface area contributed by atoms with Gasteiger partial charge in [0, 0.05) is 31.2 Å². The van der Waals surface area contributed by atoms with Crippen molar-refractivity contribution in [3.8, 4) is 0 Å². The number of nitrogens with zero attached hydrogens (tertiary/aromatic N) is 3. The summed E-state index contributed by atoms with van der Waals surface area (Å²) in [5.74, 6) is 0.554. The Morgan fingerprint density at radius 2 is 2.39 bits per heavy atom. The maximum atomic E-state index is 7.55. The van der Waals surface area contributed by atoms with Crippen molar-refractivity contribution in [2.24, 2.45) is 11.7 Å². The third-order valence-corrected chi connectivity index (χ3v) is 3.52. The van der Waals surface area contributed by atoms with Gasteiger partial charge in [0.1, 0.15) is 0 Å². The average Bonchev–Trinajstić information content (AvgIpc) is 2.78. The molecule has 5 heteroatoms. The molecule has 0 radical (unpaired) electrons. The van der Waals surface area contributed by atoms with Gasteiger partial charge in [0.15, 0.2) is 0 Å². The molecule has 1 aromatic heterocycles. The molecule has 18 heavy (non-hydrogen) atoms. The van der Waals surface area contributed by atoms with Gasteiger partial charge in [-0.2, -0.15) is 5.10 Å². The molecular weight excluding hydrogens is 226 g/mol. The van der Waals surface area contributed by atoms with Crippen LogP contribution in [0.3, 0.4) is 0 Å². The third-order valence-electron chi connectivity index (χ3n) is 3.52. The van der Waals surface area contributed by atoms with E-state index in [1.165, 1.54) is 0 Å². The zero-order chi connectivity index (χ0) is 13.1. The van der Waals surface area contributed by atoms with Gasteiger partial charge in [-0.25, -0.2) is 0 Å². The van der Waals surface area contributed by atoms with Gasteiger partial charge in [0.2, 0.25) is 0 Å². The lowest BCUT2D eigenvalue weighted by molar-refractivity contribution is 0.193. The van der Waals surface area contributed by atoms with Crippen LogP contribution in [0.25, 0.3) is 0 Å². The molecule has 1 atom stereocenters. The molecule has 0 aliphatic carbocycles. The Balaban J connectivity index is 1.94. The number of likely N-dealkylation sites (tertiary alicyclic amines) is 1. The van der Waals surface area contributed by atoms with E-state index >= 15 is 0 Å². The SMILES string of the molecule is CC(C)n1ccc(CN2CCCC(C(=N)N)C2)n1. The van der Waals surface area contributed by atoms with Gasteiger partial charge in [-0.3, -0.25) is 15.0 Å². The lowest BCUT2D eigenvalue weighted by Crippen LogP contribution is -2.40. The minimum atomic E-state index is 0.228. The number of hydrogen-bond donors (Lipinski definition) is 2. The quantitative estimate of drug-likeness (QED) is 0.629. The Kier molecular flexibility index (Phi) is 4.01. The topological polar surface area (TPSA) is 70.9 Å². The molecule has 0 bridgehead atoms. The summed E-state index contributed by atoms with van der Waals surface area (Å²) in [5.41, 5.74) is 6.71. The smallest absolute Gasteiger partial charge is 0.0949 e. The normalized spacial score (nSPS) is 21.4. The largest absolute Gasteiger partial charge is 0.387 e. The van der Waals surface area contributed by atoms with Crippen molar-refractivity contribution in [2.45, 2.75) is 39.3 Å². The molecule has 1 aliphatic heterocycles. The van der Waals surface area contributed by atoms with Crippen molar-refractivity contribution < 1.29 is 0 Å². The number of amidine groups is 1. The first-order chi connectivity index (χ1) is 8.56. The summed E-state index contributed by atoms with van der Waals surface area (Å²) < 4.78 is 1.99. The minimum absolute atomic E-state index is 0.228. The van der Waals surface area contributed by atoms with Gasteiger partial charge < -0.3 is 5.73 Å². The Morgan fingerprint density at radius 1 is 1.61 bits per heavy atom. The first kappa shape index (κ1) is 13.1. The molecule has 1 fully saturated rings. The van der Waals surface area contributed by atoms with Gasteiger partial charge in [-0.15, -0.1) is 0 Å². The number of rotatable bonds is 4. The highest BCUT2D eigenvalue weighted by atomic mass is 15.3. The number of piperidine rings is 1. The molecule has 1 aromatic rings. The van der Waals surface area contributed by atoms with E-state index in [4.69, 9.17) is 11.1 Å². The van der Waals surface area contributed by atoms with E-state index in [1.54, 1.807) is 0 Å². The summed E-state index contributed by atoms with van der Waals surface area (Å²) >= 11 is 0. The van der Waals surface area contributed by atoms with Crippen LogP contribution in [0.2, 0.25) is 0 Å². The standard InChI is InChI=1S/C13H23N5/c1-10(2)18-7-5-12(16-18)9-17-6-3-4-11(8-17)13(14)15/h5,7,10-11H,3-4,6,8-9H2,1-2H3,(H3,14,15). The second kappa shape index (κ2) is 5.52. The van der Waals surface area contributed by atoms with Gasteiger partial charge in [-0.05, 0) is 39.3 Å². The molecular formula is C13H23N5. The van der Waals surface area contributed by atoms with E-state index in [0.29, 0.717) is 11.9 Å². The van der Waals surface area contributed by atoms with Crippen molar-refractivity contribution in [1.82, 2.24) is 14.7 Å². The summed E-state index contributed by atoms with van der Waals surface area (Å²) in [6.45, 7) is 7.10. The number of nitrogens with two attached hydrogens (primary N) is 1. The lowest BCUT2D eigenvalue weighted by atomic mass is 9.97. The fourth-order valence-corrected chi connectivity index (χ4v) is 2.43. The van der Waals surface area contributed by atoms with Crippen LogP contribution in [0.1, 0.15) is 38.4 Å². The third kappa shape index (κ3) is 3.10. The van der Waals surface area contributed by atoms with Crippen molar-refractivity contribution in [3.05, 3.63) is 18.0 Å². The molecule has 3 N–H and O–H groups in total. The van der Waals surface area contributed by atoms with Crippen LogP contribution in [-0.2, 0) is 6.54 Å². The Morgan fingerprint density at radius 3 is 3.00 bits per heavy atom. The van der Waals surface area contributed by atoms with Gasteiger partial charge in [-0.1, -0.05) is 0 Å². The molecule has 1 unspecified atom stereocenters. The first-order valence-corrected chi connectivity index (χ1v) is 6.66. The van der Waals surface area contributed by atoms with Crippen LogP contribution in [-0.4, -0.2) is 33.6 Å². The van der Waals surface area contributed by atoms with Crippen molar-refractivity contribution in [3.63, 3.8) is 0 Å². The van der Waals surface area contributed by atoms with Crippen LogP contribution in [0.5, 0.6) is 0 Å². The molecule has 2 heterocycles. The predicted octanol–water partition coefficient (Wildman–Crippen LogP) is 1.61. The number of hydrogen-bond acceptors (Lipinski definition) is 3. The van der Waals surface area contributed by atoms with Crippen molar-refractivity contribution in [2.75, 3.05) is 13.1 Å². The van der Waals surface area contributed by atoms with E-state index in [9.17, 15) is 0 Å². The maximum absolute atomic E-state index is 7.55. The molecule has 2 rings (SSSR count). The summed E-state index contributed by atoms with van der Waals surface area (Å²) in [4.78, 5) is 2.35. The highest BCUT2D eigenvalue weighted by Gasteiger charge is 2.22. The van der Waals surface area contributed by atoms with Crippen LogP contribution in [0.15, 0.2) is 12.3 Å². The molecule has 100 valence electrons. The zero-order valence-corrected chi connectivity index (χ0v) is 11.3. The zero-order valence-electron chi connectivity index (χ0n) is 11.3. The monoisotopic (exact) mass is 249 g/mol. The summed E-state index contributed by atoms with van der Waals surface area (Å²) in [6.07, 6.45) is 4.20. The van der Waals surface area contributed by atoms with E-state index in [2.05, 4.69) is 29.9 Å². The maximum Gasteiger partial charge on any atom is 0.0949 e. The Labute approximate surface area is 108 Å². The fourth-order valence-electron chi connectivity index (χ4n) is 2.43. The summed E-state index contributed by atoms with van der Waals surface area (Å²) in [6, 6.07) is 2.49. The van der Waals surface area contributed by atoms with E-state index in [0.717, 1.165) is 38.2 Å². The number of aromatic nitrogens is 2. The van der Waals surface area contributed by atoms with Crippen molar-refractivity contribution >= 4 is 5.84 Å². The molecule has 1 aliphatic rings. The van der Waals surface area contributed by atoms with Gasteiger partial charge >= 0.3 is 0 Å². The first-order valence-electron chi connectivity index (χ1n) is 6.66. The molecule has 0 amide bonds. The molecule has 1 saturated heterocycles. The molecule has 0 spiro atoms. The summed E-state index contributed by atoms with van der Waals surface area (Å²) in [5, 5.41) is 12.1. The minimum Gasteiger partial charge on any atom is -0.387 e. The van der Waals surface area contributed by atoms with E-state index in [1.807, 2.05) is 10.9 Å². The van der Waals surface area contributed by atoms with E-state index in [-0.39, 0.29) is 5.92 Å². The van der Waals surface area contributed by atoms with Crippen LogP contribution < -0.4 is 5.73 Å². The van der Waals surface area contributed by atoms with E-state index < -0.39 is 0 Å². The van der Waals surface area contributed by atoms with Crippen LogP contribution in [0, 0.1) is 11.3 Å². The fraction of sp³-hybridized carbons (Fsp3) is 0.692. The predicted molar refractivity (Wildman–Crippen MR) is 72.5 cm³/mol. The lowest BCUT2D eigenvalue weighted by Gasteiger charge is -2.31. The van der Waals surface area contributed by atoms with Gasteiger partial charge in [0.05, 0.1) is 11.5 Å². The average molecular weight is 249 g/mol. The molecule has 0 aromatic carbocycles.